The lowest BCUT2D eigenvalue weighted by Crippen LogP contribution is -2.14. The minimum atomic E-state index is -0.0509. The summed E-state index contributed by atoms with van der Waals surface area (Å²) in [5.41, 5.74) is 2.60. The third kappa shape index (κ3) is 3.43. The number of hydrogen-bond donors (Lipinski definition) is 1. The van der Waals surface area contributed by atoms with Crippen LogP contribution >= 0.6 is 0 Å². The van der Waals surface area contributed by atoms with Crippen molar-refractivity contribution in [3.63, 3.8) is 0 Å². The molecule has 4 nitrogen and oxygen atoms in total. The monoisotopic (exact) mass is 328 g/mol. The highest BCUT2D eigenvalue weighted by atomic mass is 16.3. The number of nitrogens with zero attached hydrogens (tertiary/aromatic N) is 1. The SMILES string of the molecule is O=C(Cc1ccc2ccccc2c1)Nc1cccc(-c2cnco2)c1. The van der Waals surface area contributed by atoms with Crippen molar-refractivity contribution in [1.29, 1.82) is 0 Å². The van der Waals surface area contributed by atoms with Gasteiger partial charge in [0.2, 0.25) is 5.91 Å². The molecule has 4 rings (SSSR count). The van der Waals surface area contributed by atoms with Gasteiger partial charge in [-0.25, -0.2) is 4.98 Å². The summed E-state index contributed by atoms with van der Waals surface area (Å²) in [6.07, 6.45) is 3.37. The van der Waals surface area contributed by atoms with Crippen LogP contribution in [-0.2, 0) is 11.2 Å². The van der Waals surface area contributed by atoms with E-state index in [0.29, 0.717) is 12.2 Å². The van der Waals surface area contributed by atoms with E-state index in [1.807, 2.05) is 48.5 Å². The Morgan fingerprint density at radius 3 is 2.68 bits per heavy atom. The zero-order valence-corrected chi connectivity index (χ0v) is 13.5. The summed E-state index contributed by atoms with van der Waals surface area (Å²) in [4.78, 5) is 16.3. The number of amides is 1. The van der Waals surface area contributed by atoms with Crippen LogP contribution in [0.15, 0.2) is 83.7 Å². The molecule has 0 unspecified atom stereocenters. The van der Waals surface area contributed by atoms with Crippen LogP contribution in [-0.4, -0.2) is 10.9 Å². The molecule has 4 heteroatoms. The van der Waals surface area contributed by atoms with Gasteiger partial charge in [0.05, 0.1) is 12.6 Å². The third-order valence-electron chi connectivity index (χ3n) is 4.04. The summed E-state index contributed by atoms with van der Waals surface area (Å²) in [6, 6.07) is 21.7. The van der Waals surface area contributed by atoms with E-state index in [2.05, 4.69) is 28.5 Å². The van der Waals surface area contributed by atoms with Crippen LogP contribution in [0, 0.1) is 0 Å². The largest absolute Gasteiger partial charge is 0.444 e. The number of carbonyl (C=O) groups excluding carboxylic acids is 1. The number of carbonyl (C=O) groups is 1. The van der Waals surface area contributed by atoms with E-state index in [1.165, 1.54) is 11.8 Å². The van der Waals surface area contributed by atoms with Gasteiger partial charge in [0.15, 0.2) is 12.2 Å². The number of anilines is 1. The molecule has 3 aromatic carbocycles. The molecule has 1 amide bonds. The van der Waals surface area contributed by atoms with Gasteiger partial charge in [-0.3, -0.25) is 4.79 Å². The van der Waals surface area contributed by atoms with Gasteiger partial charge in [-0.05, 0) is 28.5 Å². The molecule has 0 atom stereocenters. The number of rotatable bonds is 4. The Hall–Kier alpha value is -3.40. The summed E-state index contributed by atoms with van der Waals surface area (Å²) in [6.45, 7) is 0. The second-order valence-electron chi connectivity index (χ2n) is 5.85. The van der Waals surface area contributed by atoms with E-state index in [4.69, 9.17) is 4.42 Å². The molecular weight excluding hydrogens is 312 g/mol. The van der Waals surface area contributed by atoms with Crippen molar-refractivity contribution < 1.29 is 9.21 Å². The van der Waals surface area contributed by atoms with Crippen molar-refractivity contribution in [2.45, 2.75) is 6.42 Å². The highest BCUT2D eigenvalue weighted by Crippen LogP contribution is 2.22. The van der Waals surface area contributed by atoms with Crippen LogP contribution in [0.1, 0.15) is 5.56 Å². The summed E-state index contributed by atoms with van der Waals surface area (Å²) in [5.74, 6) is 0.621. The molecule has 122 valence electrons. The molecule has 0 aliphatic carbocycles. The van der Waals surface area contributed by atoms with E-state index in [1.54, 1.807) is 6.20 Å². The van der Waals surface area contributed by atoms with Crippen LogP contribution in [0.25, 0.3) is 22.1 Å². The number of benzene rings is 3. The minimum absolute atomic E-state index is 0.0509. The highest BCUT2D eigenvalue weighted by Gasteiger charge is 2.07. The maximum atomic E-state index is 12.4. The molecule has 4 aromatic rings. The fraction of sp³-hybridized carbons (Fsp3) is 0.0476. The normalized spacial score (nSPS) is 10.7. The van der Waals surface area contributed by atoms with E-state index < -0.39 is 0 Å². The van der Waals surface area contributed by atoms with Crippen LogP contribution in [0.3, 0.4) is 0 Å². The average Bonchev–Trinajstić information content (AvgIpc) is 3.16. The number of aromatic nitrogens is 1. The molecule has 0 aliphatic heterocycles. The Morgan fingerprint density at radius 1 is 0.960 bits per heavy atom. The van der Waals surface area contributed by atoms with E-state index in [0.717, 1.165) is 22.2 Å². The van der Waals surface area contributed by atoms with Crippen LogP contribution in [0.5, 0.6) is 0 Å². The molecule has 1 aromatic heterocycles. The van der Waals surface area contributed by atoms with Crippen molar-refractivity contribution in [3.05, 3.63) is 84.9 Å². The van der Waals surface area contributed by atoms with Crippen molar-refractivity contribution in [1.82, 2.24) is 4.98 Å². The Kier molecular flexibility index (Phi) is 4.01. The lowest BCUT2D eigenvalue weighted by Gasteiger charge is -2.07. The molecule has 0 saturated carbocycles. The Labute approximate surface area is 145 Å². The highest BCUT2D eigenvalue weighted by molar-refractivity contribution is 5.93. The molecule has 0 aliphatic rings. The zero-order valence-electron chi connectivity index (χ0n) is 13.5. The molecule has 1 heterocycles. The number of nitrogens with one attached hydrogen (secondary N) is 1. The van der Waals surface area contributed by atoms with Crippen LogP contribution < -0.4 is 5.32 Å². The van der Waals surface area contributed by atoms with Gasteiger partial charge in [0.25, 0.3) is 0 Å². The van der Waals surface area contributed by atoms with Gasteiger partial charge >= 0.3 is 0 Å². The first kappa shape index (κ1) is 15.1. The van der Waals surface area contributed by atoms with Crippen LogP contribution in [0.2, 0.25) is 0 Å². The predicted octanol–water partition coefficient (Wildman–Crippen LogP) is 4.68. The fourth-order valence-electron chi connectivity index (χ4n) is 2.85. The first-order valence-corrected chi connectivity index (χ1v) is 8.04. The molecule has 1 N–H and O–H groups in total. The number of hydrogen-bond acceptors (Lipinski definition) is 3. The van der Waals surface area contributed by atoms with Gasteiger partial charge < -0.3 is 9.73 Å². The minimum Gasteiger partial charge on any atom is -0.444 e. The lowest BCUT2D eigenvalue weighted by atomic mass is 10.0. The van der Waals surface area contributed by atoms with Gasteiger partial charge in [-0.2, -0.15) is 0 Å². The van der Waals surface area contributed by atoms with Gasteiger partial charge in [-0.15, -0.1) is 0 Å². The van der Waals surface area contributed by atoms with E-state index in [-0.39, 0.29) is 5.91 Å². The Morgan fingerprint density at radius 2 is 1.84 bits per heavy atom. The van der Waals surface area contributed by atoms with Crippen molar-refractivity contribution >= 4 is 22.4 Å². The first-order valence-electron chi connectivity index (χ1n) is 8.04. The zero-order chi connectivity index (χ0) is 17.1. The van der Waals surface area contributed by atoms with Gasteiger partial charge in [-0.1, -0.05) is 54.6 Å². The molecule has 0 radical (unpaired) electrons. The molecule has 0 fully saturated rings. The lowest BCUT2D eigenvalue weighted by molar-refractivity contribution is -0.115. The molecule has 0 spiro atoms. The quantitative estimate of drug-likeness (QED) is 0.592. The predicted molar refractivity (Wildman–Crippen MR) is 98.2 cm³/mol. The first-order chi connectivity index (χ1) is 12.3. The summed E-state index contributed by atoms with van der Waals surface area (Å²) in [5, 5.41) is 5.25. The number of oxazole rings is 1. The van der Waals surface area contributed by atoms with Crippen molar-refractivity contribution in [2.75, 3.05) is 5.32 Å². The summed E-state index contributed by atoms with van der Waals surface area (Å²) >= 11 is 0. The average molecular weight is 328 g/mol. The van der Waals surface area contributed by atoms with Crippen LogP contribution in [0.4, 0.5) is 5.69 Å². The summed E-state index contributed by atoms with van der Waals surface area (Å²) in [7, 11) is 0. The summed E-state index contributed by atoms with van der Waals surface area (Å²) < 4.78 is 5.29. The smallest absolute Gasteiger partial charge is 0.228 e. The third-order valence-corrected chi connectivity index (χ3v) is 4.04. The number of fused-ring (bicyclic) bond motifs is 1. The fourth-order valence-corrected chi connectivity index (χ4v) is 2.85. The topological polar surface area (TPSA) is 55.1 Å². The second-order valence-corrected chi connectivity index (χ2v) is 5.85. The maximum Gasteiger partial charge on any atom is 0.228 e. The molecule has 0 bridgehead atoms. The van der Waals surface area contributed by atoms with E-state index >= 15 is 0 Å². The Bertz CT molecular complexity index is 1020. The van der Waals surface area contributed by atoms with Crippen molar-refractivity contribution in [3.8, 4) is 11.3 Å². The standard InChI is InChI=1S/C21H16N2O2/c24-21(11-15-8-9-16-4-1-2-5-17(16)10-15)23-19-7-3-6-18(12-19)20-13-22-14-25-20/h1-10,12-14H,11H2,(H,23,24). The maximum absolute atomic E-state index is 12.4. The van der Waals surface area contributed by atoms with Gasteiger partial charge in [0.1, 0.15) is 0 Å². The Balaban J connectivity index is 1.49. The second kappa shape index (κ2) is 6.61. The molecular formula is C21H16N2O2. The molecule has 25 heavy (non-hydrogen) atoms. The van der Waals surface area contributed by atoms with Gasteiger partial charge in [0, 0.05) is 11.3 Å². The molecule has 0 saturated heterocycles. The van der Waals surface area contributed by atoms with E-state index in [9.17, 15) is 4.79 Å². The van der Waals surface area contributed by atoms with Crippen molar-refractivity contribution in [2.24, 2.45) is 0 Å².